The molecule has 0 aliphatic carbocycles. The smallest absolute Gasteiger partial charge is 0.205 e. The molecule has 2 aromatic carbocycles. The number of benzene rings is 2. The Hall–Kier alpha value is -2.09. The van der Waals surface area contributed by atoms with Crippen molar-refractivity contribution in [2.24, 2.45) is 0 Å². The first-order valence-electron chi connectivity index (χ1n) is 7.21. The second-order valence-electron chi connectivity index (χ2n) is 5.19. The molecule has 1 aromatic heterocycles. The highest BCUT2D eigenvalue weighted by Gasteiger charge is 2.29. The van der Waals surface area contributed by atoms with Crippen LogP contribution in [0, 0.1) is 0 Å². The van der Waals surface area contributed by atoms with Crippen molar-refractivity contribution >= 4 is 17.9 Å². The Morgan fingerprint density at radius 3 is 1.91 bits per heavy atom. The van der Waals surface area contributed by atoms with Crippen LogP contribution in [0.2, 0.25) is 0 Å². The van der Waals surface area contributed by atoms with Crippen LogP contribution in [0.15, 0.2) is 83.7 Å². The molecule has 0 radical (unpaired) electrons. The van der Waals surface area contributed by atoms with E-state index >= 15 is 0 Å². The Kier molecular flexibility index (Phi) is 4.28. The lowest BCUT2D eigenvalue weighted by Gasteiger charge is -2.24. The largest absolute Gasteiger partial charge is 0.472 e. The molecule has 0 amide bonds. The zero-order valence-corrected chi connectivity index (χ0v) is 13.2. The maximum atomic E-state index is 13.8. The fourth-order valence-electron chi connectivity index (χ4n) is 2.44. The molecule has 0 saturated heterocycles. The van der Waals surface area contributed by atoms with Gasteiger partial charge in [-0.1, -0.05) is 36.4 Å². The van der Waals surface area contributed by atoms with Gasteiger partial charge in [-0.25, -0.2) is 0 Å². The van der Waals surface area contributed by atoms with Gasteiger partial charge >= 0.3 is 0 Å². The molecule has 0 spiro atoms. The molecule has 1 heterocycles. The highest BCUT2D eigenvalue weighted by molar-refractivity contribution is 7.76. The van der Waals surface area contributed by atoms with Crippen LogP contribution in [0.1, 0.15) is 18.5 Å². The molecule has 0 bridgehead atoms. The van der Waals surface area contributed by atoms with Gasteiger partial charge in [0.15, 0.2) is 0 Å². The molecule has 0 saturated carbocycles. The van der Waals surface area contributed by atoms with Crippen LogP contribution in [-0.2, 0) is 4.57 Å². The summed E-state index contributed by atoms with van der Waals surface area (Å²) in [7, 11) is -2.91. The van der Waals surface area contributed by atoms with Crippen molar-refractivity contribution in [3.8, 4) is 0 Å². The first-order valence-corrected chi connectivity index (χ1v) is 8.92. The van der Waals surface area contributed by atoms with E-state index in [0.29, 0.717) is 0 Å². The van der Waals surface area contributed by atoms with Gasteiger partial charge in [-0.05, 0) is 37.3 Å². The van der Waals surface area contributed by atoms with Gasteiger partial charge in [0, 0.05) is 22.2 Å². The van der Waals surface area contributed by atoms with Crippen LogP contribution in [0.5, 0.6) is 0 Å². The van der Waals surface area contributed by atoms with Gasteiger partial charge in [0.25, 0.3) is 0 Å². The van der Waals surface area contributed by atoms with Crippen molar-refractivity contribution in [3.63, 3.8) is 0 Å². The SMILES string of the molecule is C[C@@H](NP(=O)(c1ccccc1)c1ccccc1)c1ccoc1. The molecule has 112 valence electrons. The lowest BCUT2D eigenvalue weighted by Crippen LogP contribution is -2.29. The van der Waals surface area contributed by atoms with Crippen molar-refractivity contribution in [1.82, 2.24) is 5.09 Å². The molecule has 1 N–H and O–H groups in total. The fraction of sp³-hybridized carbons (Fsp3) is 0.111. The fourth-order valence-corrected chi connectivity index (χ4v) is 4.92. The summed E-state index contributed by atoms with van der Waals surface area (Å²) in [4.78, 5) is 0. The molecule has 22 heavy (non-hydrogen) atoms. The molecule has 3 nitrogen and oxygen atoms in total. The number of hydrogen-bond acceptors (Lipinski definition) is 2. The minimum Gasteiger partial charge on any atom is -0.472 e. The lowest BCUT2D eigenvalue weighted by atomic mass is 10.2. The van der Waals surface area contributed by atoms with E-state index in [4.69, 9.17) is 4.42 Å². The van der Waals surface area contributed by atoms with Gasteiger partial charge in [-0.2, -0.15) is 0 Å². The number of furan rings is 1. The molecule has 0 aliphatic heterocycles. The summed E-state index contributed by atoms with van der Waals surface area (Å²) in [5.74, 6) is 0. The van der Waals surface area contributed by atoms with Crippen LogP contribution < -0.4 is 15.7 Å². The van der Waals surface area contributed by atoms with Crippen molar-refractivity contribution < 1.29 is 8.98 Å². The first kappa shape index (κ1) is 14.8. The first-order chi connectivity index (χ1) is 10.7. The third-order valence-corrected chi connectivity index (χ3v) is 6.46. The minimum absolute atomic E-state index is 0.0787. The summed E-state index contributed by atoms with van der Waals surface area (Å²) in [6.07, 6.45) is 3.31. The van der Waals surface area contributed by atoms with Crippen molar-refractivity contribution in [3.05, 3.63) is 84.8 Å². The zero-order chi connectivity index (χ0) is 15.4. The normalized spacial score (nSPS) is 13.0. The molecule has 0 unspecified atom stereocenters. The molecular weight excluding hydrogens is 293 g/mol. The average Bonchev–Trinajstić information content (AvgIpc) is 3.11. The average molecular weight is 311 g/mol. The van der Waals surface area contributed by atoms with Crippen LogP contribution in [0.3, 0.4) is 0 Å². The Morgan fingerprint density at radius 1 is 0.909 bits per heavy atom. The third-order valence-electron chi connectivity index (χ3n) is 3.66. The van der Waals surface area contributed by atoms with Crippen molar-refractivity contribution in [2.45, 2.75) is 13.0 Å². The standard InChI is InChI=1S/C18H18NO2P/c1-15(16-12-13-21-14-16)19-22(20,17-8-4-2-5-9-17)18-10-6-3-7-11-18/h2-15H,1H3,(H,19,20)/t15-/m1/s1. The van der Waals surface area contributed by atoms with E-state index in [2.05, 4.69) is 5.09 Å². The summed E-state index contributed by atoms with van der Waals surface area (Å²) in [6, 6.07) is 20.9. The highest BCUT2D eigenvalue weighted by Crippen LogP contribution is 2.41. The summed E-state index contributed by atoms with van der Waals surface area (Å²) in [5.41, 5.74) is 0.979. The number of nitrogens with one attached hydrogen (secondary N) is 1. The van der Waals surface area contributed by atoms with Crippen LogP contribution in [0.4, 0.5) is 0 Å². The maximum Gasteiger partial charge on any atom is 0.205 e. The number of rotatable bonds is 5. The van der Waals surface area contributed by atoms with Gasteiger partial charge in [0.1, 0.15) is 0 Å². The predicted octanol–water partition coefficient (Wildman–Crippen LogP) is 3.86. The zero-order valence-electron chi connectivity index (χ0n) is 12.3. The molecule has 0 aliphatic rings. The van der Waals surface area contributed by atoms with Gasteiger partial charge < -0.3 is 4.42 Å². The second-order valence-corrected chi connectivity index (χ2v) is 7.70. The van der Waals surface area contributed by atoms with E-state index in [0.717, 1.165) is 16.2 Å². The molecule has 1 atom stereocenters. The summed E-state index contributed by atoms with van der Waals surface area (Å²) in [6.45, 7) is 1.99. The summed E-state index contributed by atoms with van der Waals surface area (Å²) >= 11 is 0. The van der Waals surface area contributed by atoms with E-state index in [9.17, 15) is 4.57 Å². The molecular formula is C18H18NO2P. The van der Waals surface area contributed by atoms with E-state index in [1.807, 2.05) is 73.7 Å². The quantitative estimate of drug-likeness (QED) is 0.728. The Balaban J connectivity index is 2.02. The predicted molar refractivity (Wildman–Crippen MR) is 90.0 cm³/mol. The second kappa shape index (κ2) is 6.35. The Labute approximate surface area is 130 Å². The van der Waals surface area contributed by atoms with Crippen LogP contribution in [0.25, 0.3) is 0 Å². The van der Waals surface area contributed by atoms with Crippen LogP contribution >= 0.6 is 7.29 Å². The van der Waals surface area contributed by atoms with Gasteiger partial charge in [0.2, 0.25) is 7.29 Å². The Bertz CT molecular complexity index is 711. The van der Waals surface area contributed by atoms with E-state index in [1.165, 1.54) is 0 Å². The van der Waals surface area contributed by atoms with E-state index < -0.39 is 7.29 Å². The minimum atomic E-state index is -2.91. The monoisotopic (exact) mass is 311 g/mol. The molecule has 3 aromatic rings. The van der Waals surface area contributed by atoms with Crippen LogP contribution in [-0.4, -0.2) is 0 Å². The molecule has 4 heteroatoms. The Morgan fingerprint density at radius 2 is 1.45 bits per heavy atom. The molecule has 0 fully saturated rings. The van der Waals surface area contributed by atoms with Gasteiger partial charge in [0.05, 0.1) is 12.5 Å². The van der Waals surface area contributed by atoms with E-state index in [-0.39, 0.29) is 6.04 Å². The third kappa shape index (κ3) is 2.92. The molecule has 3 rings (SSSR count). The number of hydrogen-bond donors (Lipinski definition) is 1. The van der Waals surface area contributed by atoms with Gasteiger partial charge in [-0.3, -0.25) is 9.65 Å². The van der Waals surface area contributed by atoms with Crippen molar-refractivity contribution in [1.29, 1.82) is 0 Å². The summed E-state index contributed by atoms with van der Waals surface area (Å²) in [5, 5.41) is 4.93. The van der Waals surface area contributed by atoms with Gasteiger partial charge in [-0.15, -0.1) is 0 Å². The maximum absolute atomic E-state index is 13.8. The van der Waals surface area contributed by atoms with E-state index in [1.54, 1.807) is 12.5 Å². The van der Waals surface area contributed by atoms with Crippen molar-refractivity contribution in [2.75, 3.05) is 0 Å². The highest BCUT2D eigenvalue weighted by atomic mass is 31.2. The summed E-state index contributed by atoms with van der Waals surface area (Å²) < 4.78 is 18.9. The topological polar surface area (TPSA) is 42.2 Å². The lowest BCUT2D eigenvalue weighted by molar-refractivity contribution is 0.552.